The summed E-state index contributed by atoms with van der Waals surface area (Å²) >= 11 is 4.77. The fourth-order valence-electron chi connectivity index (χ4n) is 1.39. The SMILES string of the molecule is NC(=S)c1ccc(NCC2CC2)c(F)c1. The van der Waals surface area contributed by atoms with Gasteiger partial charge in [0.1, 0.15) is 10.8 Å². The minimum absolute atomic E-state index is 0.225. The molecule has 1 saturated carbocycles. The van der Waals surface area contributed by atoms with Gasteiger partial charge >= 0.3 is 0 Å². The van der Waals surface area contributed by atoms with E-state index in [2.05, 4.69) is 5.32 Å². The van der Waals surface area contributed by atoms with Gasteiger partial charge in [0.2, 0.25) is 0 Å². The lowest BCUT2D eigenvalue weighted by atomic mass is 10.2. The van der Waals surface area contributed by atoms with Crippen molar-refractivity contribution in [3.8, 4) is 0 Å². The predicted molar refractivity (Wildman–Crippen MR) is 63.5 cm³/mol. The molecular formula is C11H13FN2S. The average molecular weight is 224 g/mol. The lowest BCUT2D eigenvalue weighted by Crippen LogP contribution is -2.11. The molecule has 0 unspecified atom stereocenters. The summed E-state index contributed by atoms with van der Waals surface area (Å²) in [6.07, 6.45) is 2.50. The molecule has 3 N–H and O–H groups in total. The van der Waals surface area contributed by atoms with E-state index < -0.39 is 0 Å². The highest BCUT2D eigenvalue weighted by atomic mass is 32.1. The molecule has 1 aromatic rings. The zero-order chi connectivity index (χ0) is 10.8. The van der Waals surface area contributed by atoms with E-state index >= 15 is 0 Å². The molecule has 0 atom stereocenters. The van der Waals surface area contributed by atoms with E-state index in [-0.39, 0.29) is 10.8 Å². The van der Waals surface area contributed by atoms with Crippen LogP contribution in [-0.4, -0.2) is 11.5 Å². The standard InChI is InChI=1S/C11H13FN2S/c12-9-5-8(11(13)15)3-4-10(9)14-6-7-1-2-7/h3-5,7,14H,1-2,6H2,(H2,13,15). The van der Waals surface area contributed by atoms with Crippen LogP contribution >= 0.6 is 12.2 Å². The minimum atomic E-state index is -0.291. The smallest absolute Gasteiger partial charge is 0.146 e. The van der Waals surface area contributed by atoms with Crippen LogP contribution in [-0.2, 0) is 0 Å². The van der Waals surface area contributed by atoms with Crippen molar-refractivity contribution in [1.82, 2.24) is 0 Å². The maximum atomic E-state index is 13.5. The first kappa shape index (κ1) is 10.4. The van der Waals surface area contributed by atoms with Gasteiger partial charge in [-0.3, -0.25) is 0 Å². The molecule has 0 heterocycles. The van der Waals surface area contributed by atoms with Crippen LogP contribution < -0.4 is 11.1 Å². The molecule has 2 nitrogen and oxygen atoms in total. The van der Waals surface area contributed by atoms with E-state index in [4.69, 9.17) is 18.0 Å². The van der Waals surface area contributed by atoms with Crippen molar-refractivity contribution in [3.05, 3.63) is 29.6 Å². The number of halogens is 1. The van der Waals surface area contributed by atoms with Gasteiger partial charge in [-0.25, -0.2) is 4.39 Å². The van der Waals surface area contributed by atoms with Crippen molar-refractivity contribution in [3.63, 3.8) is 0 Å². The third kappa shape index (κ3) is 2.65. The second-order valence-electron chi connectivity index (χ2n) is 3.88. The summed E-state index contributed by atoms with van der Waals surface area (Å²) in [6, 6.07) is 4.80. The summed E-state index contributed by atoms with van der Waals surface area (Å²) in [5.74, 6) is 0.431. The van der Waals surface area contributed by atoms with Crippen LogP contribution in [0.1, 0.15) is 18.4 Å². The van der Waals surface area contributed by atoms with E-state index in [9.17, 15) is 4.39 Å². The number of rotatable bonds is 4. The number of hydrogen-bond acceptors (Lipinski definition) is 2. The van der Waals surface area contributed by atoms with Crippen LogP contribution in [0.15, 0.2) is 18.2 Å². The van der Waals surface area contributed by atoms with Crippen molar-refractivity contribution in [2.24, 2.45) is 11.7 Å². The molecular weight excluding hydrogens is 211 g/mol. The Morgan fingerprint density at radius 2 is 2.27 bits per heavy atom. The highest BCUT2D eigenvalue weighted by Gasteiger charge is 2.21. The van der Waals surface area contributed by atoms with Crippen LogP contribution in [0.2, 0.25) is 0 Å². The molecule has 0 aliphatic heterocycles. The molecule has 0 saturated heterocycles. The van der Waals surface area contributed by atoms with Crippen molar-refractivity contribution < 1.29 is 4.39 Å². The van der Waals surface area contributed by atoms with Crippen LogP contribution in [0.3, 0.4) is 0 Å². The third-order valence-corrected chi connectivity index (χ3v) is 2.77. The van der Waals surface area contributed by atoms with Crippen LogP contribution in [0.25, 0.3) is 0 Å². The molecule has 4 heteroatoms. The Morgan fingerprint density at radius 1 is 1.53 bits per heavy atom. The van der Waals surface area contributed by atoms with Gasteiger partial charge in [-0.1, -0.05) is 12.2 Å². The first-order chi connectivity index (χ1) is 7.16. The van der Waals surface area contributed by atoms with Gasteiger partial charge in [0.25, 0.3) is 0 Å². The quantitative estimate of drug-likeness (QED) is 0.771. The Kier molecular flexibility index (Phi) is 2.86. The first-order valence-electron chi connectivity index (χ1n) is 5.00. The van der Waals surface area contributed by atoms with Crippen molar-refractivity contribution in [1.29, 1.82) is 0 Å². The van der Waals surface area contributed by atoms with Crippen molar-refractivity contribution in [2.45, 2.75) is 12.8 Å². The molecule has 2 rings (SSSR count). The van der Waals surface area contributed by atoms with Crippen LogP contribution in [0.5, 0.6) is 0 Å². The molecule has 80 valence electrons. The fourth-order valence-corrected chi connectivity index (χ4v) is 1.51. The van der Waals surface area contributed by atoms with E-state index in [1.54, 1.807) is 12.1 Å². The molecule has 0 aromatic heterocycles. The normalized spacial score (nSPS) is 15.0. The average Bonchev–Trinajstić information content (AvgIpc) is 2.99. The second-order valence-corrected chi connectivity index (χ2v) is 4.32. The van der Waals surface area contributed by atoms with Gasteiger partial charge in [0, 0.05) is 12.1 Å². The van der Waals surface area contributed by atoms with Crippen molar-refractivity contribution >= 4 is 22.9 Å². The lowest BCUT2D eigenvalue weighted by Gasteiger charge is -2.07. The van der Waals surface area contributed by atoms with Gasteiger partial charge in [-0.05, 0) is 37.0 Å². The number of nitrogens with two attached hydrogens (primary N) is 1. The highest BCUT2D eigenvalue weighted by Crippen LogP contribution is 2.29. The molecule has 0 bridgehead atoms. The Morgan fingerprint density at radius 3 is 2.80 bits per heavy atom. The Balaban J connectivity index is 2.07. The van der Waals surface area contributed by atoms with Gasteiger partial charge < -0.3 is 11.1 Å². The third-order valence-electron chi connectivity index (χ3n) is 2.53. The molecule has 1 fully saturated rings. The van der Waals surface area contributed by atoms with E-state index in [1.165, 1.54) is 18.9 Å². The maximum Gasteiger partial charge on any atom is 0.146 e. The first-order valence-corrected chi connectivity index (χ1v) is 5.41. The zero-order valence-electron chi connectivity index (χ0n) is 8.29. The summed E-state index contributed by atoms with van der Waals surface area (Å²) in [6.45, 7) is 0.851. The van der Waals surface area contributed by atoms with E-state index in [0.717, 1.165) is 12.5 Å². The number of thiocarbonyl (C=S) groups is 1. The molecule has 1 aliphatic carbocycles. The summed E-state index contributed by atoms with van der Waals surface area (Å²) < 4.78 is 13.5. The van der Waals surface area contributed by atoms with Gasteiger partial charge in [0.15, 0.2) is 0 Å². The number of anilines is 1. The van der Waals surface area contributed by atoms with Gasteiger partial charge in [-0.15, -0.1) is 0 Å². The zero-order valence-corrected chi connectivity index (χ0v) is 9.11. The van der Waals surface area contributed by atoms with Crippen LogP contribution in [0, 0.1) is 11.7 Å². The summed E-state index contributed by atoms with van der Waals surface area (Å²) in [5, 5.41) is 3.08. The number of benzene rings is 1. The highest BCUT2D eigenvalue weighted by molar-refractivity contribution is 7.80. The Labute approximate surface area is 93.7 Å². The molecule has 15 heavy (non-hydrogen) atoms. The fraction of sp³-hybridized carbons (Fsp3) is 0.364. The van der Waals surface area contributed by atoms with E-state index in [0.29, 0.717) is 11.3 Å². The monoisotopic (exact) mass is 224 g/mol. The molecule has 0 radical (unpaired) electrons. The lowest BCUT2D eigenvalue weighted by molar-refractivity contribution is 0.629. The molecule has 0 spiro atoms. The van der Waals surface area contributed by atoms with Crippen molar-refractivity contribution in [2.75, 3.05) is 11.9 Å². The van der Waals surface area contributed by atoms with Gasteiger partial charge in [-0.2, -0.15) is 0 Å². The summed E-state index contributed by atoms with van der Waals surface area (Å²) in [5.41, 5.74) is 6.51. The molecule has 1 aromatic carbocycles. The summed E-state index contributed by atoms with van der Waals surface area (Å²) in [7, 11) is 0. The predicted octanol–water partition coefficient (Wildman–Crippen LogP) is 2.28. The largest absolute Gasteiger partial charge is 0.389 e. The Hall–Kier alpha value is -1.16. The number of hydrogen-bond donors (Lipinski definition) is 2. The second kappa shape index (κ2) is 4.14. The Bertz CT molecular complexity index is 388. The maximum absolute atomic E-state index is 13.5. The summed E-state index contributed by atoms with van der Waals surface area (Å²) in [4.78, 5) is 0.225. The van der Waals surface area contributed by atoms with Crippen LogP contribution in [0.4, 0.5) is 10.1 Å². The molecule has 0 amide bonds. The van der Waals surface area contributed by atoms with E-state index in [1.807, 2.05) is 0 Å². The topological polar surface area (TPSA) is 38.0 Å². The minimum Gasteiger partial charge on any atom is -0.389 e. The van der Waals surface area contributed by atoms with Gasteiger partial charge in [0.05, 0.1) is 5.69 Å². The number of nitrogens with one attached hydrogen (secondary N) is 1. The molecule has 1 aliphatic rings.